The van der Waals surface area contributed by atoms with Crippen LogP contribution in [0.1, 0.15) is 25.0 Å². The minimum absolute atomic E-state index is 0.0312. The minimum atomic E-state index is -0.0312. The molecule has 3 nitrogen and oxygen atoms in total. The zero-order valence-corrected chi connectivity index (χ0v) is 10.9. The second-order valence-corrected chi connectivity index (χ2v) is 4.87. The van der Waals surface area contributed by atoms with Gasteiger partial charge in [0.25, 0.3) is 0 Å². The molecule has 0 spiro atoms. The number of nitrogens with zero attached hydrogens (tertiary/aromatic N) is 1. The number of hydrogen-bond donors (Lipinski definition) is 1. The Balaban J connectivity index is 2.59. The van der Waals surface area contributed by atoms with Crippen LogP contribution in [0, 0.1) is 5.92 Å². The molecular formula is C14H22N2O. The molecule has 1 rings (SSSR count). The fraction of sp³-hybridized carbons (Fsp3) is 0.500. The number of amides is 1. The Morgan fingerprint density at radius 2 is 1.76 bits per heavy atom. The molecule has 1 amide bonds. The van der Waals surface area contributed by atoms with E-state index in [9.17, 15) is 4.79 Å². The van der Waals surface area contributed by atoms with Crippen molar-refractivity contribution < 1.29 is 4.79 Å². The van der Waals surface area contributed by atoms with Crippen molar-refractivity contribution in [1.29, 1.82) is 0 Å². The maximum Gasteiger partial charge on any atom is 0.236 e. The molecule has 0 aliphatic rings. The molecule has 2 N–H and O–H groups in total. The molecule has 0 aliphatic heterocycles. The number of carbonyl (C=O) groups is 1. The van der Waals surface area contributed by atoms with Crippen LogP contribution in [0.2, 0.25) is 0 Å². The van der Waals surface area contributed by atoms with Crippen molar-refractivity contribution >= 4 is 5.91 Å². The van der Waals surface area contributed by atoms with Crippen molar-refractivity contribution in [1.82, 2.24) is 4.90 Å². The van der Waals surface area contributed by atoms with Crippen LogP contribution in [0.15, 0.2) is 24.3 Å². The van der Waals surface area contributed by atoms with Crippen molar-refractivity contribution in [2.45, 2.75) is 26.8 Å². The summed E-state index contributed by atoms with van der Waals surface area (Å²) in [6.07, 6.45) is 1.10. The van der Waals surface area contributed by atoms with Crippen LogP contribution in [0.5, 0.6) is 0 Å². The smallest absolute Gasteiger partial charge is 0.236 e. The summed E-state index contributed by atoms with van der Waals surface area (Å²) >= 11 is 0. The Kier molecular flexibility index (Phi) is 5.16. The number of nitrogens with two attached hydrogens (primary N) is 1. The third-order valence-corrected chi connectivity index (χ3v) is 2.69. The third kappa shape index (κ3) is 4.57. The molecule has 0 fully saturated rings. The first-order valence-corrected chi connectivity index (χ1v) is 6.04. The normalized spacial score (nSPS) is 10.6. The number of rotatable bonds is 5. The van der Waals surface area contributed by atoms with Crippen LogP contribution in [0.3, 0.4) is 0 Å². The Bertz CT molecular complexity index is 357. The van der Waals surface area contributed by atoms with Gasteiger partial charge in [0.15, 0.2) is 0 Å². The van der Waals surface area contributed by atoms with E-state index >= 15 is 0 Å². The van der Waals surface area contributed by atoms with Crippen LogP contribution in [0.25, 0.3) is 0 Å². The predicted molar refractivity (Wildman–Crippen MR) is 70.5 cm³/mol. The number of hydrogen-bond acceptors (Lipinski definition) is 2. The van der Waals surface area contributed by atoms with E-state index < -0.39 is 0 Å². The predicted octanol–water partition coefficient (Wildman–Crippen LogP) is 1.80. The molecule has 0 heterocycles. The third-order valence-electron chi connectivity index (χ3n) is 2.69. The summed E-state index contributed by atoms with van der Waals surface area (Å²) in [5.74, 6) is 0.638. The van der Waals surface area contributed by atoms with Crippen LogP contribution < -0.4 is 5.73 Å². The highest BCUT2D eigenvalue weighted by molar-refractivity contribution is 5.77. The SMILES string of the molecule is CC(C)Cc1ccc(CN(C)C(=O)CN)cc1. The standard InChI is InChI=1S/C14H22N2O/c1-11(2)8-12-4-6-13(7-5-12)10-16(3)14(17)9-15/h4-7,11H,8-10,15H2,1-3H3. The molecule has 17 heavy (non-hydrogen) atoms. The van der Waals surface area contributed by atoms with Crippen LogP contribution in [-0.2, 0) is 17.8 Å². The summed E-state index contributed by atoms with van der Waals surface area (Å²) in [4.78, 5) is 13.0. The first-order chi connectivity index (χ1) is 8.02. The zero-order chi connectivity index (χ0) is 12.8. The Morgan fingerprint density at radius 1 is 1.24 bits per heavy atom. The van der Waals surface area contributed by atoms with E-state index in [1.165, 1.54) is 5.56 Å². The molecule has 94 valence electrons. The van der Waals surface area contributed by atoms with E-state index in [-0.39, 0.29) is 12.5 Å². The summed E-state index contributed by atoms with van der Waals surface area (Å²) in [7, 11) is 1.78. The van der Waals surface area contributed by atoms with E-state index in [2.05, 4.69) is 38.1 Å². The van der Waals surface area contributed by atoms with Crippen molar-refractivity contribution in [3.63, 3.8) is 0 Å². The summed E-state index contributed by atoms with van der Waals surface area (Å²) < 4.78 is 0. The lowest BCUT2D eigenvalue weighted by Gasteiger charge is -2.16. The van der Waals surface area contributed by atoms with Crippen molar-refractivity contribution in [3.05, 3.63) is 35.4 Å². The molecular weight excluding hydrogens is 212 g/mol. The highest BCUT2D eigenvalue weighted by Gasteiger charge is 2.06. The van der Waals surface area contributed by atoms with Gasteiger partial charge in [-0.3, -0.25) is 4.79 Å². The van der Waals surface area contributed by atoms with Crippen molar-refractivity contribution in [2.24, 2.45) is 11.7 Å². The largest absolute Gasteiger partial charge is 0.340 e. The van der Waals surface area contributed by atoms with Gasteiger partial charge in [0.1, 0.15) is 0 Å². The molecule has 0 saturated heterocycles. The minimum Gasteiger partial charge on any atom is -0.340 e. The van der Waals surface area contributed by atoms with E-state index in [4.69, 9.17) is 5.73 Å². The van der Waals surface area contributed by atoms with Gasteiger partial charge < -0.3 is 10.6 Å². The monoisotopic (exact) mass is 234 g/mol. The lowest BCUT2D eigenvalue weighted by molar-refractivity contribution is -0.128. The zero-order valence-electron chi connectivity index (χ0n) is 10.9. The fourth-order valence-corrected chi connectivity index (χ4v) is 1.77. The molecule has 3 heteroatoms. The van der Waals surface area contributed by atoms with Gasteiger partial charge in [0, 0.05) is 13.6 Å². The maximum absolute atomic E-state index is 11.3. The van der Waals surface area contributed by atoms with E-state index in [0.29, 0.717) is 12.5 Å². The van der Waals surface area contributed by atoms with Crippen molar-refractivity contribution in [2.75, 3.05) is 13.6 Å². The van der Waals surface area contributed by atoms with Gasteiger partial charge >= 0.3 is 0 Å². The van der Waals surface area contributed by atoms with Crippen LogP contribution >= 0.6 is 0 Å². The molecule has 0 bridgehead atoms. The average Bonchev–Trinajstić information content (AvgIpc) is 2.30. The Morgan fingerprint density at radius 3 is 2.24 bits per heavy atom. The summed E-state index contributed by atoms with van der Waals surface area (Å²) in [5, 5.41) is 0. The summed E-state index contributed by atoms with van der Waals surface area (Å²) in [5.41, 5.74) is 7.80. The molecule has 0 aromatic heterocycles. The second-order valence-electron chi connectivity index (χ2n) is 4.87. The Hall–Kier alpha value is -1.35. The molecule has 0 aliphatic carbocycles. The summed E-state index contributed by atoms with van der Waals surface area (Å²) in [6, 6.07) is 8.43. The van der Waals surface area contributed by atoms with Gasteiger partial charge in [0.2, 0.25) is 5.91 Å². The highest BCUT2D eigenvalue weighted by atomic mass is 16.2. The van der Waals surface area contributed by atoms with Gasteiger partial charge in [-0.25, -0.2) is 0 Å². The average molecular weight is 234 g/mol. The van der Waals surface area contributed by atoms with E-state index in [1.807, 2.05) is 0 Å². The Labute approximate surface area is 104 Å². The van der Waals surface area contributed by atoms with E-state index in [0.717, 1.165) is 12.0 Å². The van der Waals surface area contributed by atoms with Crippen LogP contribution in [-0.4, -0.2) is 24.4 Å². The molecule has 0 atom stereocenters. The van der Waals surface area contributed by atoms with Gasteiger partial charge in [-0.15, -0.1) is 0 Å². The number of carbonyl (C=O) groups excluding carboxylic acids is 1. The number of likely N-dealkylation sites (N-methyl/N-ethyl adjacent to an activating group) is 1. The number of benzene rings is 1. The second kappa shape index (κ2) is 6.40. The summed E-state index contributed by atoms with van der Waals surface area (Å²) in [6.45, 7) is 5.11. The maximum atomic E-state index is 11.3. The quantitative estimate of drug-likeness (QED) is 0.844. The van der Waals surface area contributed by atoms with E-state index in [1.54, 1.807) is 11.9 Å². The first kappa shape index (κ1) is 13.7. The molecule has 0 saturated carbocycles. The molecule has 0 radical (unpaired) electrons. The topological polar surface area (TPSA) is 46.3 Å². The fourth-order valence-electron chi connectivity index (χ4n) is 1.77. The van der Waals surface area contributed by atoms with Gasteiger partial charge in [-0.1, -0.05) is 38.1 Å². The highest BCUT2D eigenvalue weighted by Crippen LogP contribution is 2.11. The molecule has 1 aromatic rings. The first-order valence-electron chi connectivity index (χ1n) is 6.04. The van der Waals surface area contributed by atoms with Crippen molar-refractivity contribution in [3.8, 4) is 0 Å². The van der Waals surface area contributed by atoms with Gasteiger partial charge in [-0.05, 0) is 23.5 Å². The van der Waals surface area contributed by atoms with Gasteiger partial charge in [0.05, 0.1) is 6.54 Å². The van der Waals surface area contributed by atoms with Crippen LogP contribution in [0.4, 0.5) is 0 Å². The lowest BCUT2D eigenvalue weighted by atomic mass is 10.0. The lowest BCUT2D eigenvalue weighted by Crippen LogP contribution is -2.32. The van der Waals surface area contributed by atoms with Gasteiger partial charge in [-0.2, -0.15) is 0 Å². The molecule has 0 unspecified atom stereocenters. The molecule has 1 aromatic carbocycles.